The van der Waals surface area contributed by atoms with Crippen molar-refractivity contribution in [3.05, 3.63) is 48.1 Å². The van der Waals surface area contributed by atoms with Gasteiger partial charge in [-0.25, -0.2) is 0 Å². The van der Waals surface area contributed by atoms with E-state index in [4.69, 9.17) is 5.73 Å². The fourth-order valence-electron chi connectivity index (χ4n) is 4.40. The summed E-state index contributed by atoms with van der Waals surface area (Å²) in [5, 5.41) is 3.65. The van der Waals surface area contributed by atoms with Gasteiger partial charge in [0.05, 0.1) is 0 Å². The van der Waals surface area contributed by atoms with Crippen LogP contribution in [0.4, 0.5) is 5.69 Å². The highest BCUT2D eigenvalue weighted by Gasteiger charge is 2.42. The molecule has 110 valence electrons. The Balaban J connectivity index is 1.85. The van der Waals surface area contributed by atoms with Crippen molar-refractivity contribution in [2.24, 2.45) is 5.73 Å². The standard InChI is InChI=1S/C18H23N3/c1-3-7-21-10-12(19)8-15-13-5-4-6-16-18(13)14(9-17(15)21)11(2)20-16/h3-6,8,11-12,14,17,20H,1,7,9-10,19H2,2H3/t11-,12+,14-,17-/m1/s1. The Bertz CT molecular complexity index is 619. The summed E-state index contributed by atoms with van der Waals surface area (Å²) < 4.78 is 0. The minimum Gasteiger partial charge on any atom is -0.382 e. The van der Waals surface area contributed by atoms with Crippen LogP contribution in [0.5, 0.6) is 0 Å². The first-order chi connectivity index (χ1) is 10.2. The average Bonchev–Trinajstić information content (AvgIpc) is 2.78. The predicted molar refractivity (Wildman–Crippen MR) is 88.4 cm³/mol. The van der Waals surface area contributed by atoms with Crippen LogP contribution in [0.2, 0.25) is 0 Å². The maximum atomic E-state index is 6.27. The Morgan fingerprint density at radius 2 is 2.33 bits per heavy atom. The van der Waals surface area contributed by atoms with Crippen molar-refractivity contribution >= 4 is 11.3 Å². The van der Waals surface area contributed by atoms with Crippen molar-refractivity contribution in [2.75, 3.05) is 18.4 Å². The molecule has 0 bridgehead atoms. The lowest BCUT2D eigenvalue weighted by Crippen LogP contribution is -2.49. The van der Waals surface area contributed by atoms with E-state index in [2.05, 4.69) is 48.0 Å². The Morgan fingerprint density at radius 3 is 3.14 bits per heavy atom. The van der Waals surface area contributed by atoms with Gasteiger partial charge in [-0.3, -0.25) is 4.90 Å². The van der Waals surface area contributed by atoms with Gasteiger partial charge in [0.2, 0.25) is 0 Å². The molecule has 0 unspecified atom stereocenters. The minimum absolute atomic E-state index is 0.121. The molecule has 3 heteroatoms. The minimum atomic E-state index is 0.121. The first kappa shape index (κ1) is 13.1. The normalized spacial score (nSPS) is 33.7. The summed E-state index contributed by atoms with van der Waals surface area (Å²) in [4.78, 5) is 2.49. The fraction of sp³-hybridized carbons (Fsp3) is 0.444. The van der Waals surface area contributed by atoms with E-state index in [0.717, 1.165) is 13.1 Å². The molecule has 0 aromatic heterocycles. The van der Waals surface area contributed by atoms with Gasteiger partial charge in [-0.15, -0.1) is 6.58 Å². The van der Waals surface area contributed by atoms with Gasteiger partial charge in [0.1, 0.15) is 0 Å². The highest BCUT2D eigenvalue weighted by atomic mass is 15.2. The zero-order valence-corrected chi connectivity index (χ0v) is 12.5. The molecule has 4 atom stereocenters. The van der Waals surface area contributed by atoms with Gasteiger partial charge >= 0.3 is 0 Å². The van der Waals surface area contributed by atoms with Gasteiger partial charge in [0, 0.05) is 42.8 Å². The van der Waals surface area contributed by atoms with Crippen molar-refractivity contribution in [2.45, 2.75) is 37.4 Å². The molecule has 0 amide bonds. The maximum Gasteiger partial charge on any atom is 0.0384 e. The number of rotatable bonds is 2. The van der Waals surface area contributed by atoms with Gasteiger partial charge in [-0.1, -0.05) is 24.3 Å². The largest absolute Gasteiger partial charge is 0.382 e. The summed E-state index contributed by atoms with van der Waals surface area (Å²) in [6.45, 7) is 8.06. The number of hydrogen-bond donors (Lipinski definition) is 2. The summed E-state index contributed by atoms with van der Waals surface area (Å²) in [7, 11) is 0. The quantitative estimate of drug-likeness (QED) is 0.819. The van der Waals surface area contributed by atoms with Crippen LogP contribution in [0, 0.1) is 0 Å². The number of nitrogens with one attached hydrogen (secondary N) is 1. The molecular weight excluding hydrogens is 258 g/mol. The van der Waals surface area contributed by atoms with Crippen molar-refractivity contribution < 1.29 is 0 Å². The van der Waals surface area contributed by atoms with E-state index < -0.39 is 0 Å². The average molecular weight is 281 g/mol. The van der Waals surface area contributed by atoms with E-state index in [9.17, 15) is 0 Å². The third-order valence-corrected chi connectivity index (χ3v) is 5.25. The Labute approximate surface area is 126 Å². The molecule has 0 saturated heterocycles. The van der Waals surface area contributed by atoms with E-state index in [-0.39, 0.29) is 6.04 Å². The molecule has 3 nitrogen and oxygen atoms in total. The van der Waals surface area contributed by atoms with Gasteiger partial charge in [-0.05, 0) is 36.1 Å². The highest BCUT2D eigenvalue weighted by molar-refractivity contribution is 5.82. The smallest absolute Gasteiger partial charge is 0.0384 e. The van der Waals surface area contributed by atoms with Crippen LogP contribution < -0.4 is 11.1 Å². The van der Waals surface area contributed by atoms with Gasteiger partial charge in [-0.2, -0.15) is 0 Å². The van der Waals surface area contributed by atoms with Crippen molar-refractivity contribution in [3.8, 4) is 0 Å². The van der Waals surface area contributed by atoms with Crippen molar-refractivity contribution in [1.82, 2.24) is 4.90 Å². The molecule has 1 aliphatic carbocycles. The van der Waals surface area contributed by atoms with Crippen LogP contribution in [0.3, 0.4) is 0 Å². The molecule has 1 aromatic rings. The lowest BCUT2D eigenvalue weighted by Gasteiger charge is -2.43. The highest BCUT2D eigenvalue weighted by Crippen LogP contribution is 2.50. The van der Waals surface area contributed by atoms with E-state index in [1.165, 1.54) is 28.8 Å². The predicted octanol–water partition coefficient (Wildman–Crippen LogP) is 2.57. The second-order valence-electron chi connectivity index (χ2n) is 6.59. The van der Waals surface area contributed by atoms with Crippen LogP contribution in [0.25, 0.3) is 5.57 Å². The van der Waals surface area contributed by atoms with Gasteiger partial charge in [0.25, 0.3) is 0 Å². The fourth-order valence-corrected chi connectivity index (χ4v) is 4.40. The second kappa shape index (κ2) is 4.72. The monoisotopic (exact) mass is 281 g/mol. The molecule has 0 radical (unpaired) electrons. The second-order valence-corrected chi connectivity index (χ2v) is 6.59. The SMILES string of the molecule is C=CCN1C[C@@H](N)C=C2c3cccc4c3[C@H](C[C@H]21)[C@@H](C)N4. The van der Waals surface area contributed by atoms with Crippen LogP contribution in [0.15, 0.2) is 36.9 Å². The molecule has 0 saturated carbocycles. The van der Waals surface area contributed by atoms with Crippen LogP contribution in [-0.2, 0) is 0 Å². The summed E-state index contributed by atoms with van der Waals surface area (Å²) in [6.07, 6.45) is 5.47. The zero-order chi connectivity index (χ0) is 14.6. The molecule has 4 rings (SSSR count). The summed E-state index contributed by atoms with van der Waals surface area (Å²) in [6, 6.07) is 7.77. The van der Waals surface area contributed by atoms with Crippen molar-refractivity contribution in [1.29, 1.82) is 0 Å². The summed E-state index contributed by atoms with van der Waals surface area (Å²) in [5.41, 5.74) is 11.9. The lowest BCUT2D eigenvalue weighted by molar-refractivity contribution is 0.220. The Morgan fingerprint density at radius 1 is 1.48 bits per heavy atom. The molecule has 0 spiro atoms. The molecule has 2 heterocycles. The van der Waals surface area contributed by atoms with Crippen LogP contribution in [-0.4, -0.2) is 36.1 Å². The topological polar surface area (TPSA) is 41.3 Å². The number of hydrogen-bond acceptors (Lipinski definition) is 3. The molecule has 0 fully saturated rings. The molecule has 2 aliphatic heterocycles. The molecule has 3 N–H and O–H groups in total. The van der Waals surface area contributed by atoms with Gasteiger partial charge in [0.15, 0.2) is 0 Å². The summed E-state index contributed by atoms with van der Waals surface area (Å²) >= 11 is 0. The zero-order valence-electron chi connectivity index (χ0n) is 12.5. The maximum absolute atomic E-state index is 6.27. The summed E-state index contributed by atoms with van der Waals surface area (Å²) in [5.74, 6) is 0.611. The lowest BCUT2D eigenvalue weighted by atomic mass is 9.73. The first-order valence-corrected chi connectivity index (χ1v) is 7.91. The van der Waals surface area contributed by atoms with E-state index >= 15 is 0 Å². The van der Waals surface area contributed by atoms with E-state index in [1.807, 2.05) is 6.08 Å². The third kappa shape index (κ3) is 1.88. The van der Waals surface area contributed by atoms with E-state index in [1.54, 1.807) is 0 Å². The van der Waals surface area contributed by atoms with E-state index in [0.29, 0.717) is 18.0 Å². The number of nitrogens with zero attached hydrogens (tertiary/aromatic N) is 1. The Kier molecular flexibility index (Phi) is 2.95. The number of anilines is 1. The molecule has 3 aliphatic rings. The third-order valence-electron chi connectivity index (χ3n) is 5.25. The molecular formula is C18H23N3. The van der Waals surface area contributed by atoms with Crippen LogP contribution in [0.1, 0.15) is 30.4 Å². The first-order valence-electron chi connectivity index (χ1n) is 7.91. The number of benzene rings is 1. The number of nitrogens with two attached hydrogens (primary N) is 1. The molecule has 1 aromatic carbocycles. The van der Waals surface area contributed by atoms with Crippen molar-refractivity contribution in [3.63, 3.8) is 0 Å². The molecule has 21 heavy (non-hydrogen) atoms. The number of fused-ring (bicyclic) bond motifs is 2. The Hall–Kier alpha value is -1.58. The van der Waals surface area contributed by atoms with Crippen LogP contribution >= 0.6 is 0 Å². The van der Waals surface area contributed by atoms with Gasteiger partial charge < -0.3 is 11.1 Å².